The molecule has 0 aliphatic rings. The maximum atomic E-state index is 12.5. The lowest BCUT2D eigenvalue weighted by molar-refractivity contribution is 0.552. The molecule has 0 unspecified atom stereocenters. The maximum Gasteiger partial charge on any atom is 0.333 e. The van der Waals surface area contributed by atoms with Gasteiger partial charge >= 0.3 is 10.2 Å². The van der Waals surface area contributed by atoms with Crippen molar-refractivity contribution in [2.45, 2.75) is 4.90 Å². The van der Waals surface area contributed by atoms with Crippen LogP contribution in [-0.4, -0.2) is 8.42 Å². The molecule has 0 aliphatic carbocycles. The molecule has 2 nitrogen and oxygen atoms in total. The summed E-state index contributed by atoms with van der Waals surface area (Å²) in [5.41, 5.74) is 0. The van der Waals surface area contributed by atoms with Crippen molar-refractivity contribution in [3.05, 3.63) is 27.2 Å². The molecule has 1 rings (SSSR count). The normalized spacial score (nSPS) is 11.7. The first-order valence-electron chi connectivity index (χ1n) is 2.91. The second-order valence-corrected chi connectivity index (χ2v) is 4.67. The van der Waals surface area contributed by atoms with E-state index in [4.69, 9.17) is 34.8 Å². The summed E-state index contributed by atoms with van der Waals surface area (Å²) in [6.07, 6.45) is 0. The molecule has 0 fully saturated rings. The van der Waals surface area contributed by atoms with Crippen molar-refractivity contribution in [2.24, 2.45) is 0 Å². The van der Waals surface area contributed by atoms with Crippen molar-refractivity contribution in [3.63, 3.8) is 0 Å². The molecule has 72 valence electrons. The molecule has 0 amide bonds. The van der Waals surface area contributed by atoms with Crippen LogP contribution < -0.4 is 0 Å². The van der Waals surface area contributed by atoms with E-state index >= 15 is 0 Å². The van der Waals surface area contributed by atoms with E-state index in [-0.39, 0.29) is 15.1 Å². The molecular weight excluding hydrogens is 261 g/mol. The van der Waals surface area contributed by atoms with Crippen molar-refractivity contribution >= 4 is 45.0 Å². The van der Waals surface area contributed by atoms with Gasteiger partial charge in [0.05, 0.1) is 15.1 Å². The number of rotatable bonds is 1. The van der Waals surface area contributed by atoms with Crippen LogP contribution >= 0.6 is 34.8 Å². The lowest BCUT2D eigenvalue weighted by Crippen LogP contribution is -1.93. The Bertz CT molecular complexity index is 443. The smallest absolute Gasteiger partial charge is 0.189 e. The van der Waals surface area contributed by atoms with E-state index in [1.165, 1.54) is 0 Å². The molecular formula is C6H2Cl3FO2S. The van der Waals surface area contributed by atoms with Crippen molar-refractivity contribution in [1.29, 1.82) is 0 Å². The van der Waals surface area contributed by atoms with Crippen LogP contribution in [0.1, 0.15) is 0 Å². The predicted octanol–water partition coefficient (Wildman–Crippen LogP) is 3.31. The van der Waals surface area contributed by atoms with Gasteiger partial charge in [-0.1, -0.05) is 34.8 Å². The number of hydrogen-bond donors (Lipinski definition) is 0. The van der Waals surface area contributed by atoms with Crippen LogP contribution in [0, 0.1) is 0 Å². The zero-order valence-electron chi connectivity index (χ0n) is 5.89. The molecule has 0 aliphatic heterocycles. The number of benzene rings is 1. The van der Waals surface area contributed by atoms with Crippen LogP contribution in [0.2, 0.25) is 15.1 Å². The van der Waals surface area contributed by atoms with Crippen molar-refractivity contribution in [2.75, 3.05) is 0 Å². The third-order valence-corrected chi connectivity index (χ3v) is 3.25. The zero-order valence-corrected chi connectivity index (χ0v) is 8.98. The summed E-state index contributed by atoms with van der Waals surface area (Å²) in [6.45, 7) is 0. The van der Waals surface area contributed by atoms with E-state index < -0.39 is 15.1 Å². The largest absolute Gasteiger partial charge is 0.333 e. The van der Waals surface area contributed by atoms with Gasteiger partial charge in [-0.05, 0) is 12.1 Å². The first-order valence-corrected chi connectivity index (χ1v) is 5.43. The van der Waals surface area contributed by atoms with Gasteiger partial charge in [0, 0.05) is 0 Å². The molecule has 7 heteroatoms. The zero-order chi connectivity index (χ0) is 10.2. The molecule has 0 N–H and O–H groups in total. The molecule has 13 heavy (non-hydrogen) atoms. The van der Waals surface area contributed by atoms with Gasteiger partial charge in [-0.2, -0.15) is 8.42 Å². The Morgan fingerprint density at radius 2 is 1.46 bits per heavy atom. The highest BCUT2D eigenvalue weighted by molar-refractivity contribution is 7.86. The van der Waals surface area contributed by atoms with Crippen LogP contribution in [-0.2, 0) is 10.2 Å². The van der Waals surface area contributed by atoms with Crippen molar-refractivity contribution in [3.8, 4) is 0 Å². The molecule has 0 bridgehead atoms. The SMILES string of the molecule is O=S(=O)(F)c1cc(Cl)c(Cl)cc1Cl. The van der Waals surface area contributed by atoms with E-state index in [9.17, 15) is 12.3 Å². The fourth-order valence-corrected chi connectivity index (χ4v) is 2.13. The van der Waals surface area contributed by atoms with Gasteiger partial charge in [0.15, 0.2) is 0 Å². The average molecular weight is 264 g/mol. The molecule has 0 saturated carbocycles. The van der Waals surface area contributed by atoms with E-state index in [1.54, 1.807) is 0 Å². The van der Waals surface area contributed by atoms with Gasteiger partial charge in [0.1, 0.15) is 4.90 Å². The van der Waals surface area contributed by atoms with E-state index in [0.717, 1.165) is 12.1 Å². The van der Waals surface area contributed by atoms with Gasteiger partial charge in [-0.25, -0.2) is 0 Å². The molecule has 0 heterocycles. The molecule has 0 radical (unpaired) electrons. The van der Waals surface area contributed by atoms with Gasteiger partial charge in [0.25, 0.3) is 0 Å². The van der Waals surface area contributed by atoms with Crippen LogP contribution in [0.4, 0.5) is 3.89 Å². The van der Waals surface area contributed by atoms with E-state index in [2.05, 4.69) is 0 Å². The Morgan fingerprint density at radius 1 is 1.00 bits per heavy atom. The van der Waals surface area contributed by atoms with E-state index in [1.807, 2.05) is 0 Å². The van der Waals surface area contributed by atoms with E-state index in [0.29, 0.717) is 0 Å². The fourth-order valence-electron chi connectivity index (χ4n) is 0.691. The summed E-state index contributed by atoms with van der Waals surface area (Å²) in [4.78, 5) is -0.677. The highest BCUT2D eigenvalue weighted by atomic mass is 35.5. The third-order valence-electron chi connectivity index (χ3n) is 1.24. The molecule has 0 spiro atoms. The summed E-state index contributed by atoms with van der Waals surface area (Å²) in [7, 11) is -4.85. The number of hydrogen-bond acceptors (Lipinski definition) is 2. The molecule has 0 aromatic heterocycles. The summed E-state index contributed by atoms with van der Waals surface area (Å²) in [6, 6.07) is 1.93. The van der Waals surface area contributed by atoms with Crippen LogP contribution in [0.25, 0.3) is 0 Å². The summed E-state index contributed by atoms with van der Waals surface area (Å²) in [5.74, 6) is 0. The molecule has 0 saturated heterocycles. The van der Waals surface area contributed by atoms with Crippen molar-refractivity contribution in [1.82, 2.24) is 0 Å². The van der Waals surface area contributed by atoms with Gasteiger partial charge < -0.3 is 0 Å². The first kappa shape index (κ1) is 11.0. The lowest BCUT2D eigenvalue weighted by Gasteiger charge is -2.01. The Labute approximate surface area is 89.4 Å². The third kappa shape index (κ3) is 2.47. The molecule has 1 aromatic rings. The van der Waals surface area contributed by atoms with Gasteiger partial charge in [0.2, 0.25) is 0 Å². The molecule has 0 atom stereocenters. The lowest BCUT2D eigenvalue weighted by atomic mass is 10.4. The van der Waals surface area contributed by atoms with Crippen molar-refractivity contribution < 1.29 is 12.3 Å². The topological polar surface area (TPSA) is 34.1 Å². The minimum Gasteiger partial charge on any atom is -0.189 e. The minimum atomic E-state index is -4.85. The molecule has 1 aromatic carbocycles. The second kappa shape index (κ2) is 3.61. The second-order valence-electron chi connectivity index (χ2n) is 2.13. The predicted molar refractivity (Wildman–Crippen MR) is 49.8 cm³/mol. The quantitative estimate of drug-likeness (QED) is 0.575. The fraction of sp³-hybridized carbons (Fsp3) is 0. The monoisotopic (exact) mass is 262 g/mol. The number of halogens is 4. The first-order chi connectivity index (χ1) is 5.82. The van der Waals surface area contributed by atoms with Crippen LogP contribution in [0.3, 0.4) is 0 Å². The maximum absolute atomic E-state index is 12.5. The Hall–Kier alpha value is -0.0300. The van der Waals surface area contributed by atoms with Crippen LogP contribution in [0.15, 0.2) is 17.0 Å². The summed E-state index contributed by atoms with van der Waals surface area (Å²) in [5, 5.41) is -0.293. The Morgan fingerprint density at radius 3 is 1.92 bits per heavy atom. The highest BCUT2D eigenvalue weighted by Crippen LogP contribution is 2.32. The Balaban J connectivity index is 3.50. The van der Waals surface area contributed by atoms with Crippen LogP contribution in [0.5, 0.6) is 0 Å². The highest BCUT2D eigenvalue weighted by Gasteiger charge is 2.18. The minimum absolute atomic E-state index is 0.0673. The summed E-state index contributed by atoms with van der Waals surface area (Å²) < 4.78 is 33.4. The average Bonchev–Trinajstić information content (AvgIpc) is 1.94. The summed E-state index contributed by atoms with van der Waals surface area (Å²) >= 11 is 16.4. The standard InChI is InChI=1S/C6H2Cl3FO2S/c7-3-1-5(9)6(2-4(3)8)13(10,11)12/h1-2H. The van der Waals surface area contributed by atoms with Gasteiger partial charge in [-0.3, -0.25) is 0 Å². The van der Waals surface area contributed by atoms with Gasteiger partial charge in [-0.15, -0.1) is 3.89 Å². The Kier molecular flexibility index (Phi) is 3.07.